The number of primary amides is 2. The molecule has 2 unspecified atom stereocenters. The number of piperidine rings is 2. The van der Waals surface area contributed by atoms with Gasteiger partial charge in [0.05, 0.1) is 0 Å². The van der Waals surface area contributed by atoms with Crippen LogP contribution in [-0.2, 0) is 22.7 Å². The Morgan fingerprint density at radius 2 is 0.958 bits per heavy atom. The number of aliphatic carboxylic acids is 1. The maximum absolute atomic E-state index is 12.5. The fourth-order valence-corrected chi connectivity index (χ4v) is 10.4. The van der Waals surface area contributed by atoms with Gasteiger partial charge in [-0.25, -0.2) is 14.8 Å². The van der Waals surface area contributed by atoms with Crippen LogP contribution < -0.4 is 26.3 Å². The zero-order valence-corrected chi connectivity index (χ0v) is 39.5. The average Bonchev–Trinajstić information content (AvgIpc) is 4.01. The van der Waals surface area contributed by atoms with Crippen molar-refractivity contribution in [3.05, 3.63) is 132 Å². The van der Waals surface area contributed by atoms with Gasteiger partial charge in [0.25, 0.3) is 17.7 Å². The minimum atomic E-state index is -1.22. The monoisotopic (exact) mass is 954 g/mol. The second-order valence-corrected chi connectivity index (χ2v) is 18.1. The van der Waals surface area contributed by atoms with Crippen LogP contribution in [-0.4, -0.2) is 79.0 Å². The summed E-state index contributed by atoms with van der Waals surface area (Å²) in [5.41, 5.74) is 15.7. The molecule has 4 aliphatic heterocycles. The molecule has 3 amide bonds. The van der Waals surface area contributed by atoms with Crippen LogP contribution in [0.3, 0.4) is 0 Å². The summed E-state index contributed by atoms with van der Waals surface area (Å²) in [6.45, 7) is 4.95. The van der Waals surface area contributed by atoms with E-state index in [0.29, 0.717) is 59.4 Å². The molecule has 0 aliphatic carbocycles. The van der Waals surface area contributed by atoms with E-state index in [-0.39, 0.29) is 11.8 Å². The van der Waals surface area contributed by atoms with E-state index in [2.05, 4.69) is 22.2 Å². The van der Waals surface area contributed by atoms with E-state index in [0.717, 1.165) is 118 Å². The number of benzene rings is 4. The molecule has 4 aliphatic rings. The van der Waals surface area contributed by atoms with Gasteiger partial charge >= 0.3 is 5.97 Å². The van der Waals surface area contributed by atoms with Crippen LogP contribution in [0, 0.1) is 36.5 Å². The molecule has 10 rings (SSSR count). The van der Waals surface area contributed by atoms with E-state index in [4.69, 9.17) is 47.2 Å². The summed E-state index contributed by atoms with van der Waals surface area (Å²) in [7, 11) is 0. The molecular formula is C56H58N8O7. The van der Waals surface area contributed by atoms with E-state index in [1.807, 2.05) is 114 Å². The molecule has 6 heterocycles. The van der Waals surface area contributed by atoms with Gasteiger partial charge in [-0.3, -0.25) is 14.4 Å². The number of nitrogens with one attached hydrogen (secondary N) is 1. The van der Waals surface area contributed by atoms with Crippen molar-refractivity contribution >= 4 is 23.7 Å². The third-order valence-electron chi connectivity index (χ3n) is 13.7. The van der Waals surface area contributed by atoms with Gasteiger partial charge in [-0.15, -0.1) is 12.8 Å². The molecule has 6 aromatic rings. The predicted molar refractivity (Wildman–Crippen MR) is 270 cm³/mol. The average molecular weight is 955 g/mol. The highest BCUT2D eigenvalue weighted by Gasteiger charge is 2.37. The number of hydrogen-bond donors (Lipinski definition) is 4. The number of rotatable bonds is 10. The second-order valence-electron chi connectivity index (χ2n) is 18.1. The third-order valence-corrected chi connectivity index (χ3v) is 13.7. The first kappa shape index (κ1) is 49.3. The van der Waals surface area contributed by atoms with Crippen LogP contribution in [0.4, 0.5) is 0 Å². The van der Waals surface area contributed by atoms with Crippen molar-refractivity contribution in [2.75, 3.05) is 26.2 Å². The van der Waals surface area contributed by atoms with Crippen LogP contribution in [0.5, 0.6) is 23.0 Å². The highest BCUT2D eigenvalue weighted by atomic mass is 16.5. The van der Waals surface area contributed by atoms with Crippen LogP contribution in [0.2, 0.25) is 0 Å². The first-order valence-electron chi connectivity index (χ1n) is 24.2. The fraction of sp³-hybridized carbons (Fsp3) is 0.321. The van der Waals surface area contributed by atoms with Crippen molar-refractivity contribution in [1.29, 1.82) is 0 Å². The standard InChI is InChI=1S/C28H28N4O3.C25H28N4O2.C3H2O2/c1-2-24(33)31-17-14-19(15-18-31)23-9-6-16-32-26(27(29)34)25(30-28(23)32)20-10-12-22(13-11-20)35-21-7-4-3-5-8-21;26-24(30)23-22(18-8-10-20(11-9-18)31-19-5-2-1-3-6-19)28-25-21(7-4-16-29(23)25)17-12-14-27-15-13-17;1-2-3(4)5/h1,3-5,7-8,10-13,19,23H,6,9,14-18H2,(H2,29,34);1-3,5-6,8-11,17,21,27H,4,7,12-16H2,(H2,26,30);1H,(H,4,5). The van der Waals surface area contributed by atoms with Crippen molar-refractivity contribution in [3.8, 4) is 70.2 Å². The van der Waals surface area contributed by atoms with Gasteiger partial charge in [-0.2, -0.15) is 0 Å². The smallest absolute Gasteiger partial charge is 0.381 e. The Hall–Kier alpha value is -8.14. The third kappa shape index (κ3) is 11.7. The Kier molecular flexibility index (Phi) is 16.0. The van der Waals surface area contributed by atoms with Gasteiger partial charge in [0.1, 0.15) is 57.4 Å². The van der Waals surface area contributed by atoms with Crippen molar-refractivity contribution in [1.82, 2.24) is 29.3 Å². The number of fused-ring (bicyclic) bond motifs is 2. The number of aromatic nitrogens is 4. The van der Waals surface area contributed by atoms with E-state index < -0.39 is 17.8 Å². The highest BCUT2D eigenvalue weighted by Crippen LogP contribution is 2.43. The van der Waals surface area contributed by atoms with Gasteiger partial charge < -0.3 is 45.4 Å². The van der Waals surface area contributed by atoms with Crippen LogP contribution in [0.1, 0.15) is 95.8 Å². The molecule has 2 fully saturated rings. The number of nitrogens with zero attached hydrogens (tertiary/aromatic N) is 5. The number of terminal acetylenes is 2. The predicted octanol–water partition coefficient (Wildman–Crippen LogP) is 8.21. The molecule has 0 bridgehead atoms. The number of amides is 3. The van der Waals surface area contributed by atoms with E-state index in [9.17, 15) is 14.4 Å². The Bertz CT molecular complexity index is 2900. The molecule has 2 aromatic heterocycles. The molecule has 2 atom stereocenters. The van der Waals surface area contributed by atoms with Crippen molar-refractivity contribution in [3.63, 3.8) is 0 Å². The molecule has 15 nitrogen and oxygen atoms in total. The molecule has 0 spiro atoms. The molecule has 71 heavy (non-hydrogen) atoms. The van der Waals surface area contributed by atoms with Crippen LogP contribution in [0.25, 0.3) is 22.5 Å². The van der Waals surface area contributed by atoms with E-state index >= 15 is 0 Å². The number of nitrogens with two attached hydrogens (primary N) is 2. The van der Waals surface area contributed by atoms with Crippen LogP contribution in [0.15, 0.2) is 109 Å². The molecule has 15 heteroatoms. The second kappa shape index (κ2) is 23.0. The maximum atomic E-state index is 12.5. The van der Waals surface area contributed by atoms with E-state index in [1.165, 1.54) is 5.92 Å². The van der Waals surface area contributed by atoms with Gasteiger partial charge in [-0.1, -0.05) is 36.4 Å². The zero-order valence-electron chi connectivity index (χ0n) is 39.5. The largest absolute Gasteiger partial charge is 0.472 e. The first-order valence-corrected chi connectivity index (χ1v) is 24.2. The number of carboxylic acids is 1. The minimum Gasteiger partial charge on any atom is -0.472 e. The molecule has 6 N–H and O–H groups in total. The van der Waals surface area contributed by atoms with Gasteiger partial charge in [0.2, 0.25) is 0 Å². The van der Waals surface area contributed by atoms with Crippen molar-refractivity contribution in [2.24, 2.45) is 23.3 Å². The number of likely N-dealkylation sites (tertiary alicyclic amines) is 1. The number of carboxylic acid groups (broad SMARTS) is 1. The molecule has 2 saturated heterocycles. The summed E-state index contributed by atoms with van der Waals surface area (Å²) >= 11 is 0. The van der Waals surface area contributed by atoms with Crippen molar-refractivity contribution in [2.45, 2.75) is 76.3 Å². The maximum Gasteiger partial charge on any atom is 0.381 e. The molecule has 4 aromatic carbocycles. The first-order chi connectivity index (χ1) is 34.5. The van der Waals surface area contributed by atoms with E-state index in [1.54, 1.807) is 4.90 Å². The van der Waals surface area contributed by atoms with Crippen LogP contribution >= 0.6 is 0 Å². The van der Waals surface area contributed by atoms with Gasteiger partial charge in [0, 0.05) is 55.1 Å². The summed E-state index contributed by atoms with van der Waals surface area (Å²) in [5.74, 6) is 7.86. The summed E-state index contributed by atoms with van der Waals surface area (Å²) in [5, 5.41) is 10.9. The lowest BCUT2D eigenvalue weighted by Crippen LogP contribution is -2.40. The topological polar surface area (TPSA) is 210 Å². The molecule has 364 valence electrons. The lowest BCUT2D eigenvalue weighted by atomic mass is 9.79. The Labute approximate surface area is 413 Å². The SMILES string of the molecule is C#CC(=O)N1CCC(C2CCCn3c2nc(-c2ccc(Oc4ccccc4)cc2)c3C(N)=O)CC1.C#CC(=O)O.NC(=O)c1c(-c2ccc(Oc3ccccc3)cc2)nc2n1CCCC2C1CCNCC1. The summed E-state index contributed by atoms with van der Waals surface area (Å²) < 4.78 is 15.9. The van der Waals surface area contributed by atoms with Gasteiger partial charge in [0.15, 0.2) is 0 Å². The van der Waals surface area contributed by atoms with Gasteiger partial charge in [-0.05, 0) is 155 Å². The number of hydrogen-bond acceptors (Lipinski definition) is 9. The Morgan fingerprint density at radius 3 is 1.34 bits per heavy atom. The normalized spacial score (nSPS) is 17.5. The molecule has 0 radical (unpaired) electrons. The number of imidazole rings is 2. The zero-order chi connectivity index (χ0) is 49.9. The van der Waals surface area contributed by atoms with Crippen molar-refractivity contribution < 1.29 is 33.8 Å². The summed E-state index contributed by atoms with van der Waals surface area (Å²) in [6.07, 6.45) is 17.8. The summed E-state index contributed by atoms with van der Waals surface area (Å²) in [6, 6.07) is 34.6. The summed E-state index contributed by atoms with van der Waals surface area (Å²) in [4.78, 5) is 57.7. The number of ether oxygens (including phenoxy) is 2. The fourth-order valence-electron chi connectivity index (χ4n) is 10.4. The minimum absolute atomic E-state index is 0.222. The number of carbonyl (C=O) groups is 4. The molecular weight excluding hydrogens is 897 g/mol. The lowest BCUT2D eigenvalue weighted by Gasteiger charge is -2.37. The number of carbonyl (C=O) groups excluding carboxylic acids is 3. The Morgan fingerprint density at radius 1 is 0.563 bits per heavy atom. The molecule has 0 saturated carbocycles. The number of para-hydroxylation sites is 2. The quantitative estimate of drug-likeness (QED) is 0.0967. The lowest BCUT2D eigenvalue weighted by molar-refractivity contribution is -0.130. The highest BCUT2D eigenvalue weighted by molar-refractivity contribution is 5.98. The Balaban J connectivity index is 0.000000175.